The van der Waals surface area contributed by atoms with E-state index in [9.17, 15) is 4.79 Å². The quantitative estimate of drug-likeness (QED) is 0.852. The lowest BCUT2D eigenvalue weighted by atomic mass is 10.1. The highest BCUT2D eigenvalue weighted by molar-refractivity contribution is 9.10. The van der Waals surface area contributed by atoms with Crippen molar-refractivity contribution in [3.63, 3.8) is 0 Å². The van der Waals surface area contributed by atoms with Crippen LogP contribution < -0.4 is 0 Å². The number of hydrogen-bond acceptors (Lipinski definition) is 2. The zero-order chi connectivity index (χ0) is 11.3. The minimum absolute atomic E-state index is 0.0208. The average Bonchev–Trinajstić information content (AvgIpc) is 2.21. The van der Waals surface area contributed by atoms with Crippen molar-refractivity contribution in [1.82, 2.24) is 0 Å². The van der Waals surface area contributed by atoms with Crippen LogP contribution in [0, 0.1) is 12.3 Å². The van der Waals surface area contributed by atoms with Gasteiger partial charge in [0.05, 0.1) is 0 Å². The van der Waals surface area contributed by atoms with Crippen LogP contribution in [0.2, 0.25) is 0 Å². The maximum atomic E-state index is 10.9. The third-order valence-electron chi connectivity index (χ3n) is 1.73. The lowest BCUT2D eigenvalue weighted by Crippen LogP contribution is -2.15. The Morgan fingerprint density at radius 3 is 2.60 bits per heavy atom. The average molecular weight is 269 g/mol. The molecule has 4 heteroatoms. The minimum Gasteiger partial charge on any atom is -0.479 e. The Bertz CT molecular complexity index is 378. The molecule has 0 aliphatic rings. The zero-order valence-electron chi connectivity index (χ0n) is 7.81. The van der Waals surface area contributed by atoms with Crippen LogP contribution in [-0.4, -0.2) is 17.7 Å². The van der Waals surface area contributed by atoms with Crippen LogP contribution in [0.25, 0.3) is 0 Å². The fourth-order valence-electron chi connectivity index (χ4n) is 1.08. The van der Waals surface area contributed by atoms with Gasteiger partial charge in [-0.05, 0) is 17.7 Å². The first-order chi connectivity index (χ1) is 7.15. The summed E-state index contributed by atoms with van der Waals surface area (Å²) in [6.07, 6.45) is 4.00. The van der Waals surface area contributed by atoms with Crippen LogP contribution in [0.4, 0.5) is 0 Å². The molecule has 0 spiro atoms. The van der Waals surface area contributed by atoms with Crippen molar-refractivity contribution in [2.45, 2.75) is 6.10 Å². The first-order valence-corrected chi connectivity index (χ1v) is 4.98. The SMILES string of the molecule is C#CCOC(C(=O)O)c1ccc(Br)cc1. The summed E-state index contributed by atoms with van der Waals surface area (Å²) in [5.74, 6) is 1.19. The highest BCUT2D eigenvalue weighted by Gasteiger charge is 2.19. The van der Waals surface area contributed by atoms with Gasteiger partial charge in [-0.2, -0.15) is 0 Å². The maximum absolute atomic E-state index is 10.9. The fraction of sp³-hybridized carbons (Fsp3) is 0.182. The summed E-state index contributed by atoms with van der Waals surface area (Å²) < 4.78 is 5.91. The number of benzene rings is 1. The van der Waals surface area contributed by atoms with Gasteiger partial charge >= 0.3 is 5.97 Å². The van der Waals surface area contributed by atoms with Crippen LogP contribution in [-0.2, 0) is 9.53 Å². The predicted octanol–water partition coefficient (Wildman–Crippen LogP) is 2.22. The number of rotatable bonds is 4. The molecular formula is C11H9BrO3. The van der Waals surface area contributed by atoms with E-state index in [-0.39, 0.29) is 6.61 Å². The third-order valence-corrected chi connectivity index (χ3v) is 2.26. The zero-order valence-corrected chi connectivity index (χ0v) is 9.40. The number of carboxylic acids is 1. The topological polar surface area (TPSA) is 46.5 Å². The summed E-state index contributed by atoms with van der Waals surface area (Å²) in [4.78, 5) is 10.9. The molecule has 1 aromatic carbocycles. The number of hydrogen-bond donors (Lipinski definition) is 1. The number of carbonyl (C=O) groups is 1. The first-order valence-electron chi connectivity index (χ1n) is 4.18. The van der Waals surface area contributed by atoms with E-state index in [1.807, 2.05) is 0 Å². The van der Waals surface area contributed by atoms with Gasteiger partial charge in [-0.3, -0.25) is 0 Å². The molecule has 1 atom stereocenters. The summed E-state index contributed by atoms with van der Waals surface area (Å²) in [5, 5.41) is 8.92. The van der Waals surface area contributed by atoms with Gasteiger partial charge in [-0.15, -0.1) is 6.42 Å². The Labute approximate surface area is 96.2 Å². The van der Waals surface area contributed by atoms with Gasteiger partial charge in [0.25, 0.3) is 0 Å². The largest absolute Gasteiger partial charge is 0.479 e. The van der Waals surface area contributed by atoms with Crippen molar-refractivity contribution in [3.05, 3.63) is 34.3 Å². The summed E-state index contributed by atoms with van der Waals surface area (Å²) in [6, 6.07) is 6.87. The van der Waals surface area contributed by atoms with Gasteiger partial charge in [0.1, 0.15) is 6.61 Å². The van der Waals surface area contributed by atoms with Crippen LogP contribution in [0.1, 0.15) is 11.7 Å². The molecule has 1 N–H and O–H groups in total. The van der Waals surface area contributed by atoms with E-state index in [2.05, 4.69) is 21.9 Å². The molecule has 1 aromatic rings. The monoisotopic (exact) mass is 268 g/mol. The van der Waals surface area contributed by atoms with E-state index in [1.165, 1.54) is 0 Å². The molecule has 0 heterocycles. The molecule has 3 nitrogen and oxygen atoms in total. The second-order valence-corrected chi connectivity index (χ2v) is 3.70. The third kappa shape index (κ3) is 3.39. The first kappa shape index (κ1) is 11.8. The Balaban J connectivity index is 2.85. The molecule has 0 aliphatic carbocycles. The highest BCUT2D eigenvalue weighted by atomic mass is 79.9. The molecule has 1 rings (SSSR count). The van der Waals surface area contributed by atoms with Gasteiger partial charge in [0.15, 0.2) is 6.10 Å². The molecule has 78 valence electrons. The van der Waals surface area contributed by atoms with Crippen LogP contribution in [0.15, 0.2) is 28.7 Å². The summed E-state index contributed by atoms with van der Waals surface area (Å²) in [5.41, 5.74) is 0.570. The maximum Gasteiger partial charge on any atom is 0.337 e. The Morgan fingerprint density at radius 2 is 2.13 bits per heavy atom. The fourth-order valence-corrected chi connectivity index (χ4v) is 1.34. The molecule has 0 aromatic heterocycles. The molecule has 0 fully saturated rings. The molecular weight excluding hydrogens is 260 g/mol. The smallest absolute Gasteiger partial charge is 0.337 e. The standard InChI is InChI=1S/C11H9BrO3/c1-2-7-15-10(11(13)14)8-3-5-9(12)6-4-8/h1,3-6,10H,7H2,(H,13,14). The molecule has 0 bridgehead atoms. The van der Waals surface area contributed by atoms with Crippen molar-refractivity contribution in [2.75, 3.05) is 6.61 Å². The van der Waals surface area contributed by atoms with E-state index >= 15 is 0 Å². The molecule has 1 unspecified atom stereocenters. The number of halogens is 1. The molecule has 0 saturated heterocycles. The van der Waals surface area contributed by atoms with Crippen molar-refractivity contribution >= 4 is 21.9 Å². The van der Waals surface area contributed by atoms with Crippen molar-refractivity contribution < 1.29 is 14.6 Å². The van der Waals surface area contributed by atoms with E-state index in [1.54, 1.807) is 24.3 Å². The Hall–Kier alpha value is -1.31. The van der Waals surface area contributed by atoms with Crippen molar-refractivity contribution in [3.8, 4) is 12.3 Å². The molecule has 0 aliphatic heterocycles. The normalized spacial score (nSPS) is 11.7. The molecule has 0 radical (unpaired) electrons. The highest BCUT2D eigenvalue weighted by Crippen LogP contribution is 2.20. The van der Waals surface area contributed by atoms with Gasteiger partial charge in [-0.1, -0.05) is 34.0 Å². The number of carboxylic acid groups (broad SMARTS) is 1. The van der Waals surface area contributed by atoms with Crippen molar-refractivity contribution in [2.24, 2.45) is 0 Å². The summed E-state index contributed by atoms with van der Waals surface area (Å²) in [7, 11) is 0. The van der Waals surface area contributed by atoms with Crippen LogP contribution >= 0.6 is 15.9 Å². The minimum atomic E-state index is -1.05. The number of ether oxygens (including phenoxy) is 1. The molecule has 0 amide bonds. The number of aliphatic carboxylic acids is 1. The van der Waals surface area contributed by atoms with E-state index < -0.39 is 12.1 Å². The van der Waals surface area contributed by atoms with Gasteiger partial charge < -0.3 is 9.84 Å². The lowest BCUT2D eigenvalue weighted by molar-refractivity contribution is -0.149. The van der Waals surface area contributed by atoms with Crippen molar-refractivity contribution in [1.29, 1.82) is 0 Å². The van der Waals surface area contributed by atoms with Crippen LogP contribution in [0.5, 0.6) is 0 Å². The van der Waals surface area contributed by atoms with Gasteiger partial charge in [-0.25, -0.2) is 4.79 Å². The summed E-state index contributed by atoms with van der Waals surface area (Å²) >= 11 is 3.26. The lowest BCUT2D eigenvalue weighted by Gasteiger charge is -2.11. The van der Waals surface area contributed by atoms with Gasteiger partial charge in [0.2, 0.25) is 0 Å². The van der Waals surface area contributed by atoms with Crippen LogP contribution in [0.3, 0.4) is 0 Å². The van der Waals surface area contributed by atoms with E-state index in [0.29, 0.717) is 5.56 Å². The number of terminal acetylenes is 1. The van der Waals surface area contributed by atoms with Gasteiger partial charge in [0, 0.05) is 4.47 Å². The molecule has 15 heavy (non-hydrogen) atoms. The Kier molecular flexibility index (Phi) is 4.35. The molecule has 0 saturated carbocycles. The second-order valence-electron chi connectivity index (χ2n) is 2.78. The second kappa shape index (κ2) is 5.54. The predicted molar refractivity (Wildman–Crippen MR) is 59.3 cm³/mol. The van der Waals surface area contributed by atoms with E-state index in [4.69, 9.17) is 16.3 Å². The Morgan fingerprint density at radius 1 is 1.53 bits per heavy atom. The van der Waals surface area contributed by atoms with E-state index in [0.717, 1.165) is 4.47 Å². The summed E-state index contributed by atoms with van der Waals surface area (Å²) in [6.45, 7) is -0.0208.